The van der Waals surface area contributed by atoms with Gasteiger partial charge in [0.25, 0.3) is 0 Å². The molecule has 10 heteroatoms. The summed E-state index contributed by atoms with van der Waals surface area (Å²) < 4.78 is 73.6. The van der Waals surface area contributed by atoms with E-state index in [1.807, 2.05) is 0 Å². The zero-order chi connectivity index (χ0) is 25.2. The van der Waals surface area contributed by atoms with Gasteiger partial charge < -0.3 is 9.84 Å². The lowest BCUT2D eigenvalue weighted by Crippen LogP contribution is -2.64. The van der Waals surface area contributed by atoms with E-state index in [-0.39, 0.29) is 23.3 Å². The number of carboxylic acid groups (broad SMARTS) is 1. The standard InChI is InChI=1S/C25H22F3NO5S/c26-21-9-5-4-8-20(21)17-10-12-18(13-11-17)25(15-14-22(25)34-24(27)28)29(16-23(30)31)35(32,33)19-6-2-1-3-7-19/h1-13,22,24H,14-16H2,(H,30,31). The van der Waals surface area contributed by atoms with Gasteiger partial charge in [-0.1, -0.05) is 60.7 Å². The SMILES string of the molecule is O=C(O)CN(C1(c2ccc(-c3ccccc3F)cc2)CCC1OC(F)F)S(=O)(=O)c1ccccc1. The maximum Gasteiger partial charge on any atom is 0.345 e. The molecule has 2 atom stereocenters. The highest BCUT2D eigenvalue weighted by Gasteiger charge is 2.58. The second-order valence-electron chi connectivity index (χ2n) is 8.12. The first-order chi connectivity index (χ1) is 16.7. The van der Waals surface area contributed by atoms with E-state index in [1.54, 1.807) is 36.4 Å². The lowest BCUT2D eigenvalue weighted by atomic mass is 9.68. The minimum Gasteiger partial charge on any atom is -0.480 e. The van der Waals surface area contributed by atoms with Gasteiger partial charge in [-0.15, -0.1) is 0 Å². The summed E-state index contributed by atoms with van der Waals surface area (Å²) in [7, 11) is -4.43. The molecule has 0 saturated heterocycles. The van der Waals surface area contributed by atoms with Crippen LogP contribution in [0.15, 0.2) is 83.8 Å². The fraction of sp³-hybridized carbons (Fsp3) is 0.240. The monoisotopic (exact) mass is 505 g/mol. The van der Waals surface area contributed by atoms with Gasteiger partial charge in [-0.3, -0.25) is 4.79 Å². The topological polar surface area (TPSA) is 83.9 Å². The first kappa shape index (κ1) is 24.9. The summed E-state index contributed by atoms with van der Waals surface area (Å²) in [4.78, 5) is 11.6. The Labute approximate surface area is 200 Å². The average molecular weight is 506 g/mol. The highest BCUT2D eigenvalue weighted by atomic mass is 32.2. The Morgan fingerprint density at radius 1 is 1.03 bits per heavy atom. The van der Waals surface area contributed by atoms with Crippen LogP contribution in [0.1, 0.15) is 18.4 Å². The van der Waals surface area contributed by atoms with E-state index in [2.05, 4.69) is 0 Å². The Morgan fingerprint density at radius 2 is 1.66 bits per heavy atom. The van der Waals surface area contributed by atoms with Gasteiger partial charge in [0.1, 0.15) is 12.4 Å². The predicted octanol–water partition coefficient (Wildman–Crippen LogP) is 4.87. The molecule has 0 spiro atoms. The van der Waals surface area contributed by atoms with Crippen LogP contribution in [0.4, 0.5) is 13.2 Å². The van der Waals surface area contributed by atoms with Crippen molar-refractivity contribution in [3.8, 4) is 11.1 Å². The molecule has 0 amide bonds. The molecule has 2 unspecified atom stereocenters. The number of benzene rings is 3. The quantitative estimate of drug-likeness (QED) is 0.449. The van der Waals surface area contributed by atoms with Crippen LogP contribution in [0.5, 0.6) is 0 Å². The molecular formula is C25H22F3NO5S. The zero-order valence-electron chi connectivity index (χ0n) is 18.4. The van der Waals surface area contributed by atoms with Gasteiger partial charge in [0.15, 0.2) is 0 Å². The number of sulfonamides is 1. The smallest absolute Gasteiger partial charge is 0.345 e. The van der Waals surface area contributed by atoms with Gasteiger partial charge in [0, 0.05) is 5.56 Å². The predicted molar refractivity (Wildman–Crippen MR) is 122 cm³/mol. The van der Waals surface area contributed by atoms with Crippen molar-refractivity contribution in [2.45, 2.75) is 36.0 Å². The van der Waals surface area contributed by atoms with E-state index >= 15 is 0 Å². The number of rotatable bonds is 9. The molecular weight excluding hydrogens is 483 g/mol. The van der Waals surface area contributed by atoms with Crippen LogP contribution in [0, 0.1) is 5.82 Å². The number of hydrogen-bond acceptors (Lipinski definition) is 4. The second kappa shape index (κ2) is 9.80. The Bertz CT molecular complexity index is 1300. The van der Waals surface area contributed by atoms with Crippen molar-refractivity contribution in [1.29, 1.82) is 0 Å². The molecule has 1 aliphatic rings. The Balaban J connectivity index is 1.85. The van der Waals surface area contributed by atoms with Crippen LogP contribution < -0.4 is 0 Å². The Morgan fingerprint density at radius 3 is 2.20 bits per heavy atom. The molecule has 35 heavy (non-hydrogen) atoms. The first-order valence-corrected chi connectivity index (χ1v) is 12.2. The molecule has 4 rings (SSSR count). The molecule has 184 valence electrons. The van der Waals surface area contributed by atoms with Crippen LogP contribution >= 0.6 is 0 Å². The maximum absolute atomic E-state index is 14.3. The van der Waals surface area contributed by atoms with Crippen molar-refractivity contribution in [3.63, 3.8) is 0 Å². The summed E-state index contributed by atoms with van der Waals surface area (Å²) in [6.45, 7) is -4.15. The fourth-order valence-corrected chi connectivity index (χ4v) is 6.30. The average Bonchev–Trinajstić information content (AvgIpc) is 2.83. The van der Waals surface area contributed by atoms with Crippen molar-refractivity contribution >= 4 is 16.0 Å². The lowest BCUT2D eigenvalue weighted by molar-refractivity contribution is -0.226. The number of halogens is 3. The van der Waals surface area contributed by atoms with E-state index in [0.717, 1.165) is 4.31 Å². The minimum atomic E-state index is -4.43. The summed E-state index contributed by atoms with van der Waals surface area (Å²) in [5.41, 5.74) is -0.628. The van der Waals surface area contributed by atoms with Crippen LogP contribution in [-0.4, -0.2) is 43.1 Å². The van der Waals surface area contributed by atoms with Crippen LogP contribution in [0.3, 0.4) is 0 Å². The molecule has 6 nitrogen and oxygen atoms in total. The molecule has 3 aromatic rings. The maximum atomic E-state index is 14.3. The molecule has 1 fully saturated rings. The molecule has 0 bridgehead atoms. The summed E-state index contributed by atoms with van der Waals surface area (Å²) in [5, 5.41) is 9.58. The minimum absolute atomic E-state index is 0.0583. The van der Waals surface area contributed by atoms with Crippen molar-refractivity contribution in [2.75, 3.05) is 6.54 Å². The van der Waals surface area contributed by atoms with E-state index in [0.29, 0.717) is 11.1 Å². The number of hydrogen-bond donors (Lipinski definition) is 1. The largest absolute Gasteiger partial charge is 0.480 e. The number of carboxylic acids is 1. The Kier molecular flexibility index (Phi) is 6.98. The number of aliphatic carboxylic acids is 1. The van der Waals surface area contributed by atoms with E-state index in [4.69, 9.17) is 4.74 Å². The Hall–Kier alpha value is -3.21. The number of nitrogens with zero attached hydrogens (tertiary/aromatic N) is 1. The number of carbonyl (C=O) groups is 1. The third kappa shape index (κ3) is 4.69. The number of alkyl halides is 2. The summed E-state index contributed by atoms with van der Waals surface area (Å²) >= 11 is 0. The molecule has 3 aromatic carbocycles. The van der Waals surface area contributed by atoms with E-state index in [1.165, 1.54) is 42.5 Å². The molecule has 1 saturated carbocycles. The second-order valence-corrected chi connectivity index (χ2v) is 9.99. The zero-order valence-corrected chi connectivity index (χ0v) is 19.2. The van der Waals surface area contributed by atoms with Gasteiger partial charge >= 0.3 is 12.6 Å². The third-order valence-corrected chi connectivity index (χ3v) is 8.12. The molecule has 0 aromatic heterocycles. The van der Waals surface area contributed by atoms with Crippen LogP contribution in [0.25, 0.3) is 11.1 Å². The molecule has 0 aliphatic heterocycles. The van der Waals surface area contributed by atoms with Gasteiger partial charge in [-0.05, 0) is 42.2 Å². The van der Waals surface area contributed by atoms with Gasteiger partial charge in [-0.25, -0.2) is 12.8 Å². The highest BCUT2D eigenvalue weighted by Crippen LogP contribution is 2.51. The summed E-state index contributed by atoms with van der Waals surface area (Å²) in [6, 6.07) is 19.3. The lowest BCUT2D eigenvalue weighted by Gasteiger charge is -2.54. The summed E-state index contributed by atoms with van der Waals surface area (Å²) in [6.07, 6.45) is -1.14. The van der Waals surface area contributed by atoms with Gasteiger partial charge in [0.05, 0.1) is 16.5 Å². The molecule has 0 radical (unpaired) electrons. The van der Waals surface area contributed by atoms with Crippen molar-refractivity contribution in [3.05, 3.63) is 90.2 Å². The van der Waals surface area contributed by atoms with Gasteiger partial charge in [0.2, 0.25) is 10.0 Å². The van der Waals surface area contributed by atoms with E-state index in [9.17, 15) is 31.5 Å². The normalized spacial score (nSPS) is 20.1. The first-order valence-electron chi connectivity index (χ1n) is 10.7. The third-order valence-electron chi connectivity index (χ3n) is 6.21. The van der Waals surface area contributed by atoms with Gasteiger partial charge in [-0.2, -0.15) is 13.1 Å². The molecule has 1 N–H and O–H groups in total. The van der Waals surface area contributed by atoms with Crippen LogP contribution in [0.2, 0.25) is 0 Å². The van der Waals surface area contributed by atoms with Crippen LogP contribution in [-0.2, 0) is 25.1 Å². The van der Waals surface area contributed by atoms with Crippen molar-refractivity contribution in [1.82, 2.24) is 4.31 Å². The van der Waals surface area contributed by atoms with Crippen molar-refractivity contribution in [2.24, 2.45) is 0 Å². The molecule has 1 aliphatic carbocycles. The summed E-state index contributed by atoms with van der Waals surface area (Å²) in [5.74, 6) is -1.91. The highest BCUT2D eigenvalue weighted by molar-refractivity contribution is 7.89. The van der Waals surface area contributed by atoms with E-state index < -0.39 is 46.6 Å². The fourth-order valence-electron chi connectivity index (χ4n) is 4.52. The van der Waals surface area contributed by atoms with Crippen molar-refractivity contribution < 1.29 is 36.2 Å². The number of ether oxygens (including phenoxy) is 1. The molecule has 0 heterocycles.